The van der Waals surface area contributed by atoms with Crippen molar-refractivity contribution in [2.45, 2.75) is 6.54 Å². The number of morpholine rings is 1. The number of rotatable bonds is 6. The average molecular weight is 470 g/mol. The molecule has 0 unspecified atom stereocenters. The maximum atomic E-state index is 13.4. The Kier molecular flexibility index (Phi) is 6.50. The fourth-order valence-electron chi connectivity index (χ4n) is 4.47. The zero-order valence-corrected chi connectivity index (χ0v) is 19.6. The van der Waals surface area contributed by atoms with Crippen molar-refractivity contribution < 1.29 is 19.1 Å². The first-order valence-electron chi connectivity index (χ1n) is 11.6. The van der Waals surface area contributed by atoms with Crippen LogP contribution in [0.2, 0.25) is 0 Å². The van der Waals surface area contributed by atoms with Crippen LogP contribution in [0.5, 0.6) is 0 Å². The zero-order chi connectivity index (χ0) is 24.2. The van der Waals surface area contributed by atoms with Crippen molar-refractivity contribution in [3.63, 3.8) is 0 Å². The summed E-state index contributed by atoms with van der Waals surface area (Å²) in [7, 11) is 1.34. The monoisotopic (exact) mass is 469 g/mol. The van der Waals surface area contributed by atoms with Crippen LogP contribution in [0.3, 0.4) is 0 Å². The number of nitrogens with zero attached hydrogens (tertiary/aromatic N) is 2. The first kappa shape index (κ1) is 22.7. The quantitative estimate of drug-likeness (QED) is 0.419. The van der Waals surface area contributed by atoms with Crippen LogP contribution in [0.4, 0.5) is 11.4 Å². The third-order valence-electron chi connectivity index (χ3n) is 6.26. The Morgan fingerprint density at radius 3 is 2.46 bits per heavy atom. The Morgan fingerprint density at radius 2 is 1.69 bits per heavy atom. The zero-order valence-electron chi connectivity index (χ0n) is 19.6. The van der Waals surface area contributed by atoms with Crippen molar-refractivity contribution >= 4 is 34.2 Å². The number of esters is 1. The molecule has 0 radical (unpaired) electrons. The number of methoxy groups -OCH3 is 1. The summed E-state index contributed by atoms with van der Waals surface area (Å²) in [6, 6.07) is 23.4. The Labute approximate surface area is 203 Å². The first-order valence-corrected chi connectivity index (χ1v) is 11.6. The normalized spacial score (nSPS) is 13.6. The van der Waals surface area contributed by atoms with E-state index in [-0.39, 0.29) is 5.91 Å². The minimum Gasteiger partial charge on any atom is -0.465 e. The van der Waals surface area contributed by atoms with Gasteiger partial charge in [0.05, 0.1) is 37.1 Å². The van der Waals surface area contributed by atoms with E-state index in [0.29, 0.717) is 36.6 Å². The van der Waals surface area contributed by atoms with Gasteiger partial charge in [0.1, 0.15) is 0 Å². The van der Waals surface area contributed by atoms with Crippen molar-refractivity contribution in [1.29, 1.82) is 0 Å². The second kappa shape index (κ2) is 10.0. The van der Waals surface area contributed by atoms with Crippen LogP contribution in [-0.4, -0.2) is 49.9 Å². The number of anilines is 2. The van der Waals surface area contributed by atoms with Gasteiger partial charge in [0.2, 0.25) is 0 Å². The molecule has 1 aliphatic heterocycles. The maximum absolute atomic E-state index is 13.4. The molecule has 7 nitrogen and oxygen atoms in total. The minimum atomic E-state index is -0.498. The Hall–Kier alpha value is -4.10. The summed E-state index contributed by atoms with van der Waals surface area (Å²) in [6.07, 6.45) is 1.87. The first-order chi connectivity index (χ1) is 17.1. The third kappa shape index (κ3) is 4.76. The van der Waals surface area contributed by atoms with E-state index in [1.807, 2.05) is 54.7 Å². The molecule has 178 valence electrons. The lowest BCUT2D eigenvalue weighted by atomic mass is 10.1. The number of amides is 1. The van der Waals surface area contributed by atoms with E-state index in [1.165, 1.54) is 7.11 Å². The molecule has 1 aromatic heterocycles. The van der Waals surface area contributed by atoms with Gasteiger partial charge in [-0.15, -0.1) is 0 Å². The van der Waals surface area contributed by atoms with Gasteiger partial charge in [-0.3, -0.25) is 4.79 Å². The second-order valence-electron chi connectivity index (χ2n) is 8.45. The molecule has 0 bridgehead atoms. The number of nitrogens with one attached hydrogen (secondary N) is 1. The average Bonchev–Trinajstić information content (AvgIpc) is 3.28. The lowest BCUT2D eigenvalue weighted by Crippen LogP contribution is -2.36. The van der Waals surface area contributed by atoms with Gasteiger partial charge in [-0.2, -0.15) is 0 Å². The van der Waals surface area contributed by atoms with Crippen molar-refractivity contribution in [3.8, 4) is 0 Å². The molecule has 0 aliphatic carbocycles. The van der Waals surface area contributed by atoms with Crippen LogP contribution < -0.4 is 10.2 Å². The molecule has 1 fully saturated rings. The molecule has 1 amide bonds. The van der Waals surface area contributed by atoms with E-state index in [4.69, 9.17) is 9.47 Å². The highest BCUT2D eigenvalue weighted by Crippen LogP contribution is 2.28. The standard InChI is InChI=1S/C28H27N3O4/c1-34-28(33)23-17-21(30-13-15-35-16-14-30)11-12-25(23)29-27(32)24-19-31(18-20-7-3-2-4-8-20)26-10-6-5-9-22(24)26/h2-12,17,19H,13-16,18H2,1H3,(H,29,32). The van der Waals surface area contributed by atoms with Gasteiger partial charge in [-0.05, 0) is 29.8 Å². The number of ether oxygens (including phenoxy) is 2. The number of aromatic nitrogens is 1. The molecule has 0 spiro atoms. The van der Waals surface area contributed by atoms with Crippen LogP contribution in [-0.2, 0) is 16.0 Å². The molecule has 1 N–H and O–H groups in total. The number of benzene rings is 3. The Bertz CT molecular complexity index is 1360. The predicted octanol–water partition coefficient (Wildman–Crippen LogP) is 4.57. The van der Waals surface area contributed by atoms with E-state index < -0.39 is 5.97 Å². The number of hydrogen-bond acceptors (Lipinski definition) is 5. The minimum absolute atomic E-state index is 0.280. The van der Waals surface area contributed by atoms with Crippen LogP contribution >= 0.6 is 0 Å². The molecule has 7 heteroatoms. The molecule has 1 saturated heterocycles. The fraction of sp³-hybridized carbons (Fsp3) is 0.214. The maximum Gasteiger partial charge on any atom is 0.340 e. The number of carbonyl (C=O) groups excluding carboxylic acids is 2. The van der Waals surface area contributed by atoms with Crippen molar-refractivity contribution in [1.82, 2.24) is 4.57 Å². The molecule has 4 aromatic rings. The van der Waals surface area contributed by atoms with Gasteiger partial charge in [0.25, 0.3) is 5.91 Å². The highest BCUT2D eigenvalue weighted by Gasteiger charge is 2.21. The highest BCUT2D eigenvalue weighted by molar-refractivity contribution is 6.14. The van der Waals surface area contributed by atoms with Gasteiger partial charge >= 0.3 is 5.97 Å². The van der Waals surface area contributed by atoms with E-state index in [9.17, 15) is 9.59 Å². The van der Waals surface area contributed by atoms with Crippen LogP contribution in [0.15, 0.2) is 79.0 Å². The molecular weight excluding hydrogens is 442 g/mol. The highest BCUT2D eigenvalue weighted by atomic mass is 16.5. The van der Waals surface area contributed by atoms with Crippen molar-refractivity contribution in [2.24, 2.45) is 0 Å². The van der Waals surface area contributed by atoms with Crippen LogP contribution in [0.25, 0.3) is 10.9 Å². The van der Waals surface area contributed by atoms with Crippen LogP contribution in [0.1, 0.15) is 26.3 Å². The van der Waals surface area contributed by atoms with Gasteiger partial charge in [0, 0.05) is 42.4 Å². The largest absolute Gasteiger partial charge is 0.465 e. The van der Waals surface area contributed by atoms with Crippen molar-refractivity contribution in [2.75, 3.05) is 43.6 Å². The van der Waals surface area contributed by atoms with Gasteiger partial charge in [-0.1, -0.05) is 48.5 Å². The molecular formula is C28H27N3O4. The lowest BCUT2D eigenvalue weighted by Gasteiger charge is -2.29. The summed E-state index contributed by atoms with van der Waals surface area (Å²) in [6.45, 7) is 3.41. The molecule has 3 aromatic carbocycles. The number of para-hydroxylation sites is 1. The topological polar surface area (TPSA) is 72.8 Å². The number of hydrogen-bond donors (Lipinski definition) is 1. The third-order valence-corrected chi connectivity index (χ3v) is 6.26. The Balaban J connectivity index is 1.46. The molecule has 35 heavy (non-hydrogen) atoms. The number of fused-ring (bicyclic) bond motifs is 1. The van der Waals surface area contributed by atoms with E-state index >= 15 is 0 Å². The summed E-state index contributed by atoms with van der Waals surface area (Å²) in [5, 5.41) is 3.80. The summed E-state index contributed by atoms with van der Waals surface area (Å²) in [5.74, 6) is -0.779. The fourth-order valence-corrected chi connectivity index (χ4v) is 4.47. The molecule has 1 aliphatic rings. The summed E-state index contributed by atoms with van der Waals surface area (Å²) in [4.78, 5) is 28.2. The predicted molar refractivity (Wildman–Crippen MR) is 136 cm³/mol. The second-order valence-corrected chi connectivity index (χ2v) is 8.45. The van der Waals surface area contributed by atoms with Gasteiger partial charge in [0.15, 0.2) is 0 Å². The van der Waals surface area contributed by atoms with E-state index in [0.717, 1.165) is 35.2 Å². The van der Waals surface area contributed by atoms with E-state index in [1.54, 1.807) is 12.1 Å². The summed E-state index contributed by atoms with van der Waals surface area (Å²) < 4.78 is 12.5. The molecule has 5 rings (SSSR count). The number of carbonyl (C=O) groups is 2. The summed E-state index contributed by atoms with van der Waals surface area (Å²) >= 11 is 0. The van der Waals surface area contributed by atoms with E-state index in [2.05, 4.69) is 26.9 Å². The lowest BCUT2D eigenvalue weighted by molar-refractivity contribution is 0.0602. The van der Waals surface area contributed by atoms with Gasteiger partial charge in [-0.25, -0.2) is 4.79 Å². The summed E-state index contributed by atoms with van der Waals surface area (Å²) in [5.41, 5.74) is 4.29. The Morgan fingerprint density at radius 1 is 0.943 bits per heavy atom. The SMILES string of the molecule is COC(=O)c1cc(N2CCOCC2)ccc1NC(=O)c1cn(Cc2ccccc2)c2ccccc12. The molecule has 2 heterocycles. The molecule has 0 atom stereocenters. The van der Waals surface area contributed by atoms with Crippen molar-refractivity contribution in [3.05, 3.63) is 95.7 Å². The van der Waals surface area contributed by atoms with Gasteiger partial charge < -0.3 is 24.3 Å². The smallest absolute Gasteiger partial charge is 0.340 e. The van der Waals surface area contributed by atoms with Crippen LogP contribution in [0, 0.1) is 0 Å². The molecule has 0 saturated carbocycles.